The van der Waals surface area contributed by atoms with Crippen molar-refractivity contribution in [1.29, 1.82) is 0 Å². The zero-order valence-electron chi connectivity index (χ0n) is 13.7. The molecule has 20 heavy (non-hydrogen) atoms. The Labute approximate surface area is 127 Å². The van der Waals surface area contributed by atoms with E-state index in [4.69, 9.17) is 0 Å². The standard InChI is InChI=1S/C20H34/c1-4-5-6-7-8-9-10-11-12-13-14-15-16-17-18-19-20(2)3/h8-9,11-12,17-18H,2,4-7,10,13-16,19H2,1,3H3. The van der Waals surface area contributed by atoms with Crippen molar-refractivity contribution in [2.24, 2.45) is 0 Å². The number of hydrogen-bond donors (Lipinski definition) is 0. The first-order chi connectivity index (χ1) is 9.77. The molecule has 0 aliphatic rings. The van der Waals surface area contributed by atoms with Gasteiger partial charge in [-0.2, -0.15) is 0 Å². The highest BCUT2D eigenvalue weighted by Crippen LogP contribution is 2.05. The van der Waals surface area contributed by atoms with Crippen LogP contribution in [0.25, 0.3) is 0 Å². The van der Waals surface area contributed by atoms with Crippen LogP contribution < -0.4 is 0 Å². The lowest BCUT2D eigenvalue weighted by Crippen LogP contribution is -1.74. The first kappa shape index (κ1) is 19.0. The highest BCUT2D eigenvalue weighted by molar-refractivity contribution is 4.98. The molecule has 0 N–H and O–H groups in total. The van der Waals surface area contributed by atoms with Gasteiger partial charge >= 0.3 is 0 Å². The summed E-state index contributed by atoms with van der Waals surface area (Å²) >= 11 is 0. The van der Waals surface area contributed by atoms with E-state index in [-0.39, 0.29) is 0 Å². The van der Waals surface area contributed by atoms with Crippen LogP contribution in [0, 0.1) is 0 Å². The van der Waals surface area contributed by atoms with Crippen LogP contribution in [-0.2, 0) is 0 Å². The zero-order chi connectivity index (χ0) is 14.9. The van der Waals surface area contributed by atoms with Crippen LogP contribution in [0.3, 0.4) is 0 Å². The van der Waals surface area contributed by atoms with Crippen LogP contribution in [0.1, 0.15) is 78.1 Å². The maximum atomic E-state index is 3.89. The number of allylic oxidation sites excluding steroid dienone is 7. The van der Waals surface area contributed by atoms with Gasteiger partial charge in [0.25, 0.3) is 0 Å². The van der Waals surface area contributed by atoms with Gasteiger partial charge in [0.05, 0.1) is 0 Å². The summed E-state index contributed by atoms with van der Waals surface area (Å²) in [6, 6.07) is 0. The van der Waals surface area contributed by atoms with Crippen molar-refractivity contribution in [3.63, 3.8) is 0 Å². The molecule has 0 radical (unpaired) electrons. The Balaban J connectivity index is 3.27. The molecule has 0 bridgehead atoms. The minimum absolute atomic E-state index is 1.03. The van der Waals surface area contributed by atoms with Gasteiger partial charge in [0.2, 0.25) is 0 Å². The fourth-order valence-electron chi connectivity index (χ4n) is 1.95. The maximum absolute atomic E-state index is 3.89. The quantitative estimate of drug-likeness (QED) is 0.247. The first-order valence-corrected chi connectivity index (χ1v) is 8.36. The van der Waals surface area contributed by atoms with E-state index in [9.17, 15) is 0 Å². The lowest BCUT2D eigenvalue weighted by molar-refractivity contribution is 0.728. The Kier molecular flexibility index (Phi) is 15.2. The summed E-state index contributed by atoms with van der Waals surface area (Å²) < 4.78 is 0. The molecule has 0 unspecified atom stereocenters. The van der Waals surface area contributed by atoms with Gasteiger partial charge in [0.15, 0.2) is 0 Å². The Hall–Kier alpha value is -1.04. The van der Waals surface area contributed by atoms with Gasteiger partial charge in [-0.05, 0) is 58.3 Å². The van der Waals surface area contributed by atoms with Gasteiger partial charge in [-0.3, -0.25) is 0 Å². The molecule has 0 rings (SSSR count). The minimum atomic E-state index is 1.03. The van der Waals surface area contributed by atoms with E-state index in [1.807, 2.05) is 0 Å². The predicted octanol–water partition coefficient (Wildman–Crippen LogP) is 7.15. The van der Waals surface area contributed by atoms with Gasteiger partial charge in [-0.15, -0.1) is 0 Å². The zero-order valence-corrected chi connectivity index (χ0v) is 13.7. The van der Waals surface area contributed by atoms with Crippen molar-refractivity contribution in [2.75, 3.05) is 0 Å². The molecule has 0 nitrogen and oxygen atoms in total. The minimum Gasteiger partial charge on any atom is -0.0998 e. The molecule has 0 aromatic rings. The van der Waals surface area contributed by atoms with E-state index >= 15 is 0 Å². The van der Waals surface area contributed by atoms with Gasteiger partial charge in [-0.1, -0.05) is 68.4 Å². The lowest BCUT2D eigenvalue weighted by atomic mass is 10.1. The molecule has 0 aliphatic carbocycles. The molecule has 0 aromatic carbocycles. The fourth-order valence-corrected chi connectivity index (χ4v) is 1.95. The largest absolute Gasteiger partial charge is 0.0998 e. The van der Waals surface area contributed by atoms with Crippen molar-refractivity contribution in [2.45, 2.75) is 78.1 Å². The van der Waals surface area contributed by atoms with Crippen LogP contribution in [0.5, 0.6) is 0 Å². The summed E-state index contributed by atoms with van der Waals surface area (Å²) in [6.45, 7) is 8.22. The lowest BCUT2D eigenvalue weighted by Gasteiger charge is -1.94. The second-order valence-corrected chi connectivity index (χ2v) is 5.59. The van der Waals surface area contributed by atoms with Crippen molar-refractivity contribution < 1.29 is 0 Å². The molecule has 0 spiro atoms. The first-order valence-electron chi connectivity index (χ1n) is 8.36. The summed E-state index contributed by atoms with van der Waals surface area (Å²) in [7, 11) is 0. The molecule has 0 aliphatic heterocycles. The van der Waals surface area contributed by atoms with Crippen LogP contribution in [0.15, 0.2) is 48.6 Å². The molecule has 0 fully saturated rings. The topological polar surface area (TPSA) is 0 Å². The third-order valence-electron chi connectivity index (χ3n) is 3.20. The Bertz CT molecular complexity index is 291. The van der Waals surface area contributed by atoms with Gasteiger partial charge in [-0.25, -0.2) is 0 Å². The van der Waals surface area contributed by atoms with Gasteiger partial charge < -0.3 is 0 Å². The summed E-state index contributed by atoms with van der Waals surface area (Å²) in [5.41, 5.74) is 1.24. The summed E-state index contributed by atoms with van der Waals surface area (Å²) in [5.74, 6) is 0. The molecule has 0 aromatic heterocycles. The number of hydrogen-bond acceptors (Lipinski definition) is 0. The monoisotopic (exact) mass is 274 g/mol. The molecule has 0 saturated carbocycles. The highest BCUT2D eigenvalue weighted by atomic mass is 13.9. The molecule has 0 heterocycles. The van der Waals surface area contributed by atoms with E-state index in [0.717, 1.165) is 12.8 Å². The summed E-state index contributed by atoms with van der Waals surface area (Å²) in [4.78, 5) is 0. The second-order valence-electron chi connectivity index (χ2n) is 5.59. The molecule has 0 atom stereocenters. The summed E-state index contributed by atoms with van der Waals surface area (Å²) in [6.07, 6.45) is 26.2. The number of unbranched alkanes of at least 4 members (excludes halogenated alkanes) is 6. The molecule has 114 valence electrons. The van der Waals surface area contributed by atoms with Crippen LogP contribution in [0.2, 0.25) is 0 Å². The van der Waals surface area contributed by atoms with Crippen molar-refractivity contribution >= 4 is 0 Å². The van der Waals surface area contributed by atoms with E-state index in [0.29, 0.717) is 0 Å². The normalized spacial score (nSPS) is 12.1. The van der Waals surface area contributed by atoms with Crippen molar-refractivity contribution in [1.82, 2.24) is 0 Å². The average molecular weight is 274 g/mol. The second kappa shape index (κ2) is 16.0. The molecule has 0 amide bonds. The summed E-state index contributed by atoms with van der Waals surface area (Å²) in [5, 5.41) is 0. The van der Waals surface area contributed by atoms with Crippen molar-refractivity contribution in [3.8, 4) is 0 Å². The smallest absolute Gasteiger partial charge is 0.0144 e. The van der Waals surface area contributed by atoms with Crippen molar-refractivity contribution in [3.05, 3.63) is 48.6 Å². The van der Waals surface area contributed by atoms with E-state index in [1.54, 1.807) is 0 Å². The van der Waals surface area contributed by atoms with Gasteiger partial charge in [0.1, 0.15) is 0 Å². The molecular formula is C20H34. The average Bonchev–Trinajstić information content (AvgIpc) is 2.43. The van der Waals surface area contributed by atoms with Gasteiger partial charge in [0, 0.05) is 0 Å². The maximum Gasteiger partial charge on any atom is -0.0144 e. The van der Waals surface area contributed by atoms with E-state index < -0.39 is 0 Å². The third-order valence-corrected chi connectivity index (χ3v) is 3.20. The SMILES string of the molecule is C=C(C)CC=CCCCCC=CCC=CCCCCC. The molecule has 0 saturated heterocycles. The van der Waals surface area contributed by atoms with E-state index in [1.165, 1.54) is 56.9 Å². The van der Waals surface area contributed by atoms with E-state index in [2.05, 4.69) is 56.9 Å². The Morgan fingerprint density at radius 3 is 1.75 bits per heavy atom. The Morgan fingerprint density at radius 1 is 0.750 bits per heavy atom. The Morgan fingerprint density at radius 2 is 1.25 bits per heavy atom. The predicted molar refractivity (Wildman–Crippen MR) is 94.1 cm³/mol. The fraction of sp³-hybridized carbons (Fsp3) is 0.600. The number of rotatable bonds is 13. The van der Waals surface area contributed by atoms with Crippen LogP contribution >= 0.6 is 0 Å². The molecule has 0 heteroatoms. The third kappa shape index (κ3) is 17.0. The highest BCUT2D eigenvalue weighted by Gasteiger charge is 1.84. The molecular weight excluding hydrogens is 240 g/mol. The van der Waals surface area contributed by atoms with Crippen LogP contribution in [0.4, 0.5) is 0 Å². The van der Waals surface area contributed by atoms with Crippen LogP contribution in [-0.4, -0.2) is 0 Å².